The zero-order valence-corrected chi connectivity index (χ0v) is 15.0. The zero-order valence-electron chi connectivity index (χ0n) is 14.3. The summed E-state index contributed by atoms with van der Waals surface area (Å²) >= 11 is 5.93. The van der Waals surface area contributed by atoms with E-state index in [4.69, 9.17) is 21.1 Å². The molecule has 0 saturated heterocycles. The van der Waals surface area contributed by atoms with Gasteiger partial charge in [0.25, 0.3) is 5.91 Å². The van der Waals surface area contributed by atoms with Crippen LogP contribution in [0.5, 0.6) is 5.75 Å². The third-order valence-electron chi connectivity index (χ3n) is 3.53. The Labute approximate surface area is 151 Å². The lowest BCUT2D eigenvalue weighted by Crippen LogP contribution is -2.29. The summed E-state index contributed by atoms with van der Waals surface area (Å²) in [6, 6.07) is 8.49. The van der Waals surface area contributed by atoms with E-state index in [2.05, 4.69) is 5.32 Å². The lowest BCUT2D eigenvalue weighted by Gasteiger charge is -2.12. The van der Waals surface area contributed by atoms with Crippen LogP contribution in [0.1, 0.15) is 22.5 Å². The predicted molar refractivity (Wildman–Crippen MR) is 96.3 cm³/mol. The molecule has 0 aliphatic carbocycles. The Bertz CT molecular complexity index is 789. The SMILES string of the molecule is COCCCNC(=O)c1cc(=O)c(OCc2cccc(Cl)c2)cn1C. The van der Waals surface area contributed by atoms with E-state index in [9.17, 15) is 9.59 Å². The lowest BCUT2D eigenvalue weighted by molar-refractivity contribution is 0.0939. The monoisotopic (exact) mass is 364 g/mol. The first-order valence-corrected chi connectivity index (χ1v) is 8.24. The predicted octanol–water partition coefficient (Wildman–Crippen LogP) is 2.38. The largest absolute Gasteiger partial charge is 0.483 e. The van der Waals surface area contributed by atoms with Gasteiger partial charge in [-0.25, -0.2) is 0 Å². The van der Waals surface area contributed by atoms with Crippen LogP contribution in [0.15, 0.2) is 41.3 Å². The second kappa shape index (κ2) is 9.25. The van der Waals surface area contributed by atoms with E-state index < -0.39 is 0 Å². The molecular formula is C18H21ClN2O4. The molecule has 2 rings (SSSR count). The summed E-state index contributed by atoms with van der Waals surface area (Å²) in [6.07, 6.45) is 2.22. The molecule has 2 aromatic rings. The van der Waals surface area contributed by atoms with Crippen LogP contribution >= 0.6 is 11.6 Å². The summed E-state index contributed by atoms with van der Waals surface area (Å²) in [6.45, 7) is 1.27. The number of rotatable bonds is 8. The van der Waals surface area contributed by atoms with E-state index in [0.29, 0.717) is 24.6 Å². The van der Waals surface area contributed by atoms with Crippen molar-refractivity contribution in [3.8, 4) is 5.75 Å². The molecule has 0 aliphatic rings. The van der Waals surface area contributed by atoms with Gasteiger partial charge in [0.05, 0.1) is 6.20 Å². The minimum absolute atomic E-state index is 0.179. The number of carbonyl (C=O) groups excluding carboxylic acids is 1. The first-order valence-electron chi connectivity index (χ1n) is 7.86. The molecule has 0 unspecified atom stereocenters. The van der Waals surface area contributed by atoms with Gasteiger partial charge in [-0.2, -0.15) is 0 Å². The number of nitrogens with one attached hydrogen (secondary N) is 1. The first kappa shape index (κ1) is 19.0. The maximum Gasteiger partial charge on any atom is 0.268 e. The maximum atomic E-state index is 12.2. The topological polar surface area (TPSA) is 69.6 Å². The molecule has 25 heavy (non-hydrogen) atoms. The van der Waals surface area contributed by atoms with Gasteiger partial charge >= 0.3 is 0 Å². The summed E-state index contributed by atoms with van der Waals surface area (Å²) < 4.78 is 12.1. The molecule has 6 nitrogen and oxygen atoms in total. The van der Waals surface area contributed by atoms with E-state index in [1.165, 1.54) is 12.3 Å². The van der Waals surface area contributed by atoms with Gasteiger partial charge in [-0.05, 0) is 24.1 Å². The summed E-state index contributed by atoms with van der Waals surface area (Å²) in [5.41, 5.74) is 0.786. The summed E-state index contributed by atoms with van der Waals surface area (Å²) in [4.78, 5) is 24.3. The van der Waals surface area contributed by atoms with Gasteiger partial charge in [0.15, 0.2) is 5.75 Å². The van der Waals surface area contributed by atoms with Crippen LogP contribution in [0.25, 0.3) is 0 Å². The number of amides is 1. The molecule has 1 heterocycles. The van der Waals surface area contributed by atoms with Crippen molar-refractivity contribution in [1.82, 2.24) is 9.88 Å². The number of halogens is 1. The van der Waals surface area contributed by atoms with Crippen molar-refractivity contribution in [3.05, 3.63) is 63.0 Å². The molecule has 1 aromatic heterocycles. The highest BCUT2D eigenvalue weighted by molar-refractivity contribution is 6.30. The molecule has 1 amide bonds. The highest BCUT2D eigenvalue weighted by Crippen LogP contribution is 2.13. The number of aryl methyl sites for hydroxylation is 1. The van der Waals surface area contributed by atoms with Gasteiger partial charge in [-0.15, -0.1) is 0 Å². The Kier molecular flexibility index (Phi) is 7.03. The molecule has 1 aromatic carbocycles. The van der Waals surface area contributed by atoms with Crippen LogP contribution in [0.2, 0.25) is 5.02 Å². The molecule has 0 spiro atoms. The Balaban J connectivity index is 2.03. The van der Waals surface area contributed by atoms with E-state index in [-0.39, 0.29) is 29.4 Å². The molecule has 7 heteroatoms. The standard InChI is InChI=1S/C18H21ClN2O4/c1-21-11-17(25-12-13-5-3-6-14(19)9-13)16(22)10-15(21)18(23)20-7-4-8-24-2/h3,5-6,9-11H,4,7-8,12H2,1-2H3,(H,20,23). The van der Waals surface area contributed by atoms with Crippen molar-refractivity contribution in [1.29, 1.82) is 0 Å². The van der Waals surface area contributed by atoms with Gasteiger partial charge in [0, 0.05) is 38.4 Å². The number of hydrogen-bond acceptors (Lipinski definition) is 4. The van der Waals surface area contributed by atoms with Crippen LogP contribution in [0.4, 0.5) is 0 Å². The van der Waals surface area contributed by atoms with E-state index in [1.807, 2.05) is 12.1 Å². The van der Waals surface area contributed by atoms with Crippen molar-refractivity contribution in [2.45, 2.75) is 13.0 Å². The van der Waals surface area contributed by atoms with Crippen molar-refractivity contribution in [3.63, 3.8) is 0 Å². The summed E-state index contributed by atoms with van der Waals surface area (Å²) in [7, 11) is 3.30. The number of carbonyl (C=O) groups is 1. The number of pyridine rings is 1. The third-order valence-corrected chi connectivity index (χ3v) is 3.76. The Hall–Kier alpha value is -2.31. The fourth-order valence-corrected chi connectivity index (χ4v) is 2.45. The third kappa shape index (κ3) is 5.62. The molecule has 0 fully saturated rings. The highest BCUT2D eigenvalue weighted by atomic mass is 35.5. The number of benzene rings is 1. The second-order valence-electron chi connectivity index (χ2n) is 5.52. The fraction of sp³-hybridized carbons (Fsp3) is 0.333. The highest BCUT2D eigenvalue weighted by Gasteiger charge is 2.12. The average molecular weight is 365 g/mol. The normalized spacial score (nSPS) is 10.5. The van der Waals surface area contributed by atoms with Crippen LogP contribution < -0.4 is 15.5 Å². The van der Waals surface area contributed by atoms with Crippen LogP contribution in [0, 0.1) is 0 Å². The number of aromatic nitrogens is 1. The smallest absolute Gasteiger partial charge is 0.268 e. The molecule has 0 bridgehead atoms. The Morgan fingerprint density at radius 1 is 1.32 bits per heavy atom. The average Bonchev–Trinajstić information content (AvgIpc) is 2.59. The molecule has 0 radical (unpaired) electrons. The lowest BCUT2D eigenvalue weighted by atomic mass is 10.2. The number of nitrogens with zero attached hydrogens (tertiary/aromatic N) is 1. The number of methoxy groups -OCH3 is 1. The van der Waals surface area contributed by atoms with Crippen molar-refractivity contribution >= 4 is 17.5 Å². The van der Waals surface area contributed by atoms with Crippen LogP contribution in [-0.2, 0) is 18.4 Å². The van der Waals surface area contributed by atoms with Crippen molar-refractivity contribution < 1.29 is 14.3 Å². The van der Waals surface area contributed by atoms with E-state index in [0.717, 1.165) is 5.56 Å². The number of ether oxygens (including phenoxy) is 2. The molecule has 134 valence electrons. The minimum Gasteiger partial charge on any atom is -0.483 e. The maximum absolute atomic E-state index is 12.2. The van der Waals surface area contributed by atoms with Crippen molar-refractivity contribution in [2.75, 3.05) is 20.3 Å². The zero-order chi connectivity index (χ0) is 18.2. The Morgan fingerprint density at radius 2 is 2.12 bits per heavy atom. The molecule has 0 aliphatic heterocycles. The molecular weight excluding hydrogens is 344 g/mol. The number of hydrogen-bond donors (Lipinski definition) is 1. The van der Waals surface area contributed by atoms with Gasteiger partial charge in [0.1, 0.15) is 12.3 Å². The van der Waals surface area contributed by atoms with Crippen LogP contribution in [0.3, 0.4) is 0 Å². The van der Waals surface area contributed by atoms with Gasteiger partial charge in [-0.3, -0.25) is 9.59 Å². The van der Waals surface area contributed by atoms with Crippen molar-refractivity contribution in [2.24, 2.45) is 7.05 Å². The van der Waals surface area contributed by atoms with Gasteiger partial charge < -0.3 is 19.4 Å². The summed E-state index contributed by atoms with van der Waals surface area (Å²) in [5.74, 6) is -0.129. The summed E-state index contributed by atoms with van der Waals surface area (Å²) in [5, 5.41) is 3.36. The van der Waals surface area contributed by atoms with Gasteiger partial charge in [0.2, 0.25) is 5.43 Å². The fourth-order valence-electron chi connectivity index (χ4n) is 2.24. The Morgan fingerprint density at radius 3 is 2.84 bits per heavy atom. The molecule has 0 atom stereocenters. The second-order valence-corrected chi connectivity index (χ2v) is 5.96. The first-order chi connectivity index (χ1) is 12.0. The van der Waals surface area contributed by atoms with E-state index in [1.54, 1.807) is 30.9 Å². The quantitative estimate of drug-likeness (QED) is 0.730. The van der Waals surface area contributed by atoms with E-state index >= 15 is 0 Å². The van der Waals surface area contributed by atoms with Crippen LogP contribution in [-0.4, -0.2) is 30.7 Å². The molecule has 1 N–H and O–H groups in total. The molecule has 0 saturated carbocycles. The minimum atomic E-state index is -0.345. The van der Waals surface area contributed by atoms with Gasteiger partial charge in [-0.1, -0.05) is 23.7 Å².